The Morgan fingerprint density at radius 1 is 0.923 bits per heavy atom. The topological polar surface area (TPSA) is 61.4 Å². The SMILES string of the molecule is CCCCc1c(N2CC(CNC(=O)c3ccccc3)C2)ccc2c1C(C(=O)NCC(F)(F)F)c1ccccc1-2. The van der Waals surface area contributed by atoms with Gasteiger partial charge in [-0.1, -0.05) is 61.9 Å². The number of alkyl halides is 3. The molecule has 39 heavy (non-hydrogen) atoms. The van der Waals surface area contributed by atoms with Gasteiger partial charge < -0.3 is 15.5 Å². The number of unbranched alkanes of at least 4 members (excludes halogenated alkanes) is 1. The van der Waals surface area contributed by atoms with Crippen molar-refractivity contribution in [3.63, 3.8) is 0 Å². The Kier molecular flexibility index (Phi) is 7.64. The molecule has 2 N–H and O–H groups in total. The molecule has 1 saturated heterocycles. The Bertz CT molecular complexity index is 1350. The molecule has 2 amide bonds. The van der Waals surface area contributed by atoms with E-state index in [1.54, 1.807) is 12.1 Å². The number of nitrogens with one attached hydrogen (secondary N) is 2. The van der Waals surface area contributed by atoms with Crippen molar-refractivity contribution in [1.29, 1.82) is 0 Å². The van der Waals surface area contributed by atoms with Crippen LogP contribution in [0.2, 0.25) is 0 Å². The number of carbonyl (C=O) groups is 2. The number of anilines is 1. The zero-order valence-electron chi connectivity index (χ0n) is 21.9. The van der Waals surface area contributed by atoms with Crippen LogP contribution in [0.3, 0.4) is 0 Å². The molecule has 1 atom stereocenters. The van der Waals surface area contributed by atoms with E-state index >= 15 is 0 Å². The van der Waals surface area contributed by atoms with E-state index < -0.39 is 24.5 Å². The fourth-order valence-corrected chi connectivity index (χ4v) is 5.67. The summed E-state index contributed by atoms with van der Waals surface area (Å²) < 4.78 is 38.9. The monoisotopic (exact) mass is 535 g/mol. The Morgan fingerprint density at radius 3 is 2.36 bits per heavy atom. The van der Waals surface area contributed by atoms with Crippen molar-refractivity contribution in [1.82, 2.24) is 10.6 Å². The van der Waals surface area contributed by atoms with Crippen LogP contribution in [0.25, 0.3) is 11.1 Å². The predicted octanol–water partition coefficient (Wildman–Crippen LogP) is 5.69. The molecular weight excluding hydrogens is 503 g/mol. The van der Waals surface area contributed by atoms with Gasteiger partial charge >= 0.3 is 6.18 Å². The third-order valence-electron chi connectivity index (χ3n) is 7.57. The number of hydrogen-bond acceptors (Lipinski definition) is 3. The zero-order chi connectivity index (χ0) is 27.6. The summed E-state index contributed by atoms with van der Waals surface area (Å²) in [5, 5.41) is 5.15. The van der Waals surface area contributed by atoms with Gasteiger partial charge in [-0.05, 0) is 58.9 Å². The maximum Gasteiger partial charge on any atom is 0.405 e. The Morgan fingerprint density at radius 2 is 1.64 bits per heavy atom. The minimum Gasteiger partial charge on any atom is -0.370 e. The van der Waals surface area contributed by atoms with Crippen LogP contribution < -0.4 is 15.5 Å². The first kappa shape index (κ1) is 26.8. The molecular formula is C31H32F3N3O2. The molecule has 5 nitrogen and oxygen atoms in total. The minimum absolute atomic E-state index is 0.0966. The molecule has 0 bridgehead atoms. The Hall–Kier alpha value is -3.81. The predicted molar refractivity (Wildman–Crippen MR) is 146 cm³/mol. The van der Waals surface area contributed by atoms with Gasteiger partial charge in [0.25, 0.3) is 5.91 Å². The van der Waals surface area contributed by atoms with Crippen molar-refractivity contribution in [2.24, 2.45) is 5.92 Å². The Balaban J connectivity index is 1.39. The van der Waals surface area contributed by atoms with Crippen molar-refractivity contribution in [2.45, 2.75) is 38.3 Å². The Labute approximate surface area is 226 Å². The van der Waals surface area contributed by atoms with Gasteiger partial charge in [-0.3, -0.25) is 9.59 Å². The number of halogens is 3. The van der Waals surface area contributed by atoms with Crippen molar-refractivity contribution in [3.8, 4) is 11.1 Å². The molecule has 3 aromatic rings. The number of hydrogen-bond donors (Lipinski definition) is 2. The highest BCUT2D eigenvalue weighted by Gasteiger charge is 2.39. The molecule has 1 aliphatic carbocycles. The number of amides is 2. The summed E-state index contributed by atoms with van der Waals surface area (Å²) >= 11 is 0. The van der Waals surface area contributed by atoms with Gasteiger partial charge in [0.1, 0.15) is 6.54 Å². The molecule has 2 aliphatic rings. The standard InChI is InChI=1S/C31H32F3N3O2/c1-2-3-11-25-26(37-17-20(18-37)16-35-29(38)21-9-5-4-6-10-21)15-14-24-22-12-7-8-13-23(22)28(27(24)25)30(39)36-19-31(32,33)34/h4-10,12-15,20,28H,2-3,11,16-19H2,1H3,(H,35,38)(H,36,39). The smallest absolute Gasteiger partial charge is 0.370 e. The number of carbonyl (C=O) groups excluding carboxylic acids is 2. The lowest BCUT2D eigenvalue weighted by Crippen LogP contribution is -2.52. The van der Waals surface area contributed by atoms with Crippen LogP contribution in [0.15, 0.2) is 66.7 Å². The van der Waals surface area contributed by atoms with Crippen molar-refractivity contribution in [2.75, 3.05) is 31.1 Å². The second kappa shape index (κ2) is 11.1. The van der Waals surface area contributed by atoms with Gasteiger partial charge in [-0.2, -0.15) is 13.2 Å². The largest absolute Gasteiger partial charge is 0.405 e. The van der Waals surface area contributed by atoms with Crippen LogP contribution in [-0.4, -0.2) is 44.2 Å². The van der Waals surface area contributed by atoms with Crippen molar-refractivity contribution < 1.29 is 22.8 Å². The maximum absolute atomic E-state index is 13.3. The summed E-state index contributed by atoms with van der Waals surface area (Å²) in [6.45, 7) is 2.82. The highest BCUT2D eigenvalue weighted by molar-refractivity contribution is 5.98. The summed E-state index contributed by atoms with van der Waals surface area (Å²) in [4.78, 5) is 27.9. The molecule has 1 heterocycles. The van der Waals surface area contributed by atoms with E-state index in [4.69, 9.17) is 0 Å². The first-order valence-electron chi connectivity index (χ1n) is 13.4. The molecule has 0 radical (unpaired) electrons. The third-order valence-corrected chi connectivity index (χ3v) is 7.57. The van der Waals surface area contributed by atoms with Crippen molar-refractivity contribution in [3.05, 3.63) is 89.0 Å². The number of rotatable bonds is 9. The lowest BCUT2D eigenvalue weighted by molar-refractivity contribution is -0.138. The second-order valence-electron chi connectivity index (χ2n) is 10.3. The molecule has 8 heteroatoms. The molecule has 5 rings (SSSR count). The first-order valence-corrected chi connectivity index (χ1v) is 13.4. The van der Waals surface area contributed by atoms with Gasteiger partial charge in [0, 0.05) is 36.8 Å². The molecule has 0 aromatic heterocycles. The number of fused-ring (bicyclic) bond motifs is 3. The van der Waals surface area contributed by atoms with Crippen molar-refractivity contribution >= 4 is 17.5 Å². The van der Waals surface area contributed by atoms with E-state index in [1.165, 1.54) is 0 Å². The van der Waals surface area contributed by atoms with E-state index in [9.17, 15) is 22.8 Å². The summed E-state index contributed by atoms with van der Waals surface area (Å²) in [6, 6.07) is 20.7. The fraction of sp³-hybridized carbons (Fsp3) is 0.355. The average Bonchev–Trinajstić information content (AvgIpc) is 3.24. The van der Waals surface area contributed by atoms with Gasteiger partial charge in [0.05, 0.1) is 5.92 Å². The number of nitrogens with zero attached hydrogens (tertiary/aromatic N) is 1. The van der Waals surface area contributed by atoms with E-state index in [0.717, 1.165) is 65.9 Å². The van der Waals surface area contributed by atoms with Crippen LogP contribution >= 0.6 is 0 Å². The van der Waals surface area contributed by atoms with Gasteiger partial charge in [-0.15, -0.1) is 0 Å². The van der Waals surface area contributed by atoms with Crippen LogP contribution in [0.4, 0.5) is 18.9 Å². The summed E-state index contributed by atoms with van der Waals surface area (Å²) in [5.74, 6) is -1.22. The second-order valence-corrected chi connectivity index (χ2v) is 10.3. The molecule has 1 aliphatic heterocycles. The third kappa shape index (κ3) is 5.65. The zero-order valence-corrected chi connectivity index (χ0v) is 21.9. The van der Waals surface area contributed by atoms with Gasteiger partial charge in [0.2, 0.25) is 5.91 Å². The van der Waals surface area contributed by atoms with Crippen LogP contribution in [0.1, 0.15) is 52.7 Å². The molecule has 1 unspecified atom stereocenters. The van der Waals surface area contributed by atoms with E-state index in [2.05, 4.69) is 28.5 Å². The van der Waals surface area contributed by atoms with E-state index in [1.807, 2.05) is 48.5 Å². The molecule has 3 aromatic carbocycles. The van der Waals surface area contributed by atoms with E-state index in [0.29, 0.717) is 12.1 Å². The highest BCUT2D eigenvalue weighted by atomic mass is 19.4. The molecule has 1 fully saturated rings. The normalized spacial score (nSPS) is 16.3. The summed E-state index contributed by atoms with van der Waals surface area (Å²) in [5.41, 5.74) is 6.06. The van der Waals surface area contributed by atoms with Gasteiger partial charge in [0.15, 0.2) is 0 Å². The summed E-state index contributed by atoms with van der Waals surface area (Å²) in [6.07, 6.45) is -1.89. The van der Waals surface area contributed by atoms with Gasteiger partial charge in [-0.25, -0.2) is 0 Å². The number of benzene rings is 3. The fourth-order valence-electron chi connectivity index (χ4n) is 5.67. The maximum atomic E-state index is 13.3. The van der Waals surface area contributed by atoms with Crippen LogP contribution in [0.5, 0.6) is 0 Å². The quantitative estimate of drug-likeness (QED) is 0.370. The molecule has 204 valence electrons. The highest BCUT2D eigenvalue weighted by Crippen LogP contribution is 2.49. The first-order chi connectivity index (χ1) is 18.8. The van der Waals surface area contributed by atoms with E-state index in [-0.39, 0.29) is 11.8 Å². The van der Waals surface area contributed by atoms with Crippen LogP contribution in [0, 0.1) is 5.92 Å². The average molecular weight is 536 g/mol. The lowest BCUT2D eigenvalue weighted by atomic mass is 9.87. The van der Waals surface area contributed by atoms with Crippen LogP contribution in [-0.2, 0) is 11.2 Å². The summed E-state index contributed by atoms with van der Waals surface area (Å²) in [7, 11) is 0. The molecule has 0 saturated carbocycles. The minimum atomic E-state index is -4.48. The molecule has 0 spiro atoms. The lowest BCUT2D eigenvalue weighted by Gasteiger charge is -2.42.